The summed E-state index contributed by atoms with van der Waals surface area (Å²) in [5.74, 6) is 0. The lowest BCUT2D eigenvalue weighted by molar-refractivity contribution is -0.384. The molecule has 1 rings (SSSR count). The smallest absolute Gasteiger partial charge is 0.270 e. The topological polar surface area (TPSA) is 75.4 Å². The van der Waals surface area contributed by atoms with Crippen molar-refractivity contribution in [2.24, 2.45) is 5.41 Å². The monoisotopic (exact) mass is 300 g/mol. The number of benzene rings is 1. The summed E-state index contributed by atoms with van der Waals surface area (Å²) in [6, 6.07) is 4.46. The Hall–Kier alpha value is -1.17. The SMILES string of the molecule is CCC(CC)(CO)CNCc1ccc([N+](=O)[O-])cc1Cl. The summed E-state index contributed by atoms with van der Waals surface area (Å²) < 4.78 is 0. The van der Waals surface area contributed by atoms with Crippen LogP contribution in [0, 0.1) is 15.5 Å². The first-order valence-electron chi connectivity index (χ1n) is 6.72. The molecule has 0 fully saturated rings. The molecular formula is C14H21ClN2O3. The second-order valence-electron chi connectivity index (χ2n) is 5.00. The molecule has 0 aliphatic heterocycles. The molecule has 20 heavy (non-hydrogen) atoms. The largest absolute Gasteiger partial charge is 0.396 e. The molecule has 0 spiro atoms. The Kier molecular flexibility index (Phi) is 6.39. The van der Waals surface area contributed by atoms with Gasteiger partial charge in [0, 0.05) is 37.2 Å². The van der Waals surface area contributed by atoms with Crippen LogP contribution < -0.4 is 5.32 Å². The minimum absolute atomic E-state index is 0.00873. The average Bonchev–Trinajstić information content (AvgIpc) is 2.45. The van der Waals surface area contributed by atoms with Gasteiger partial charge in [-0.05, 0) is 24.5 Å². The van der Waals surface area contributed by atoms with Gasteiger partial charge in [-0.2, -0.15) is 0 Å². The van der Waals surface area contributed by atoms with Gasteiger partial charge < -0.3 is 10.4 Å². The van der Waals surface area contributed by atoms with Crippen LogP contribution >= 0.6 is 11.6 Å². The molecule has 112 valence electrons. The number of aliphatic hydroxyl groups is 1. The highest BCUT2D eigenvalue weighted by Gasteiger charge is 2.24. The third-order valence-corrected chi connectivity index (χ3v) is 4.25. The maximum atomic E-state index is 10.6. The first-order valence-corrected chi connectivity index (χ1v) is 7.10. The molecule has 0 atom stereocenters. The number of rotatable bonds is 8. The molecule has 0 radical (unpaired) electrons. The molecule has 6 heteroatoms. The van der Waals surface area contributed by atoms with E-state index in [4.69, 9.17) is 11.6 Å². The maximum Gasteiger partial charge on any atom is 0.270 e. The fourth-order valence-corrected chi connectivity index (χ4v) is 2.28. The Bertz CT molecular complexity index is 453. The molecule has 1 aromatic rings. The number of non-ortho nitro benzene ring substituents is 1. The highest BCUT2D eigenvalue weighted by Crippen LogP contribution is 2.25. The Morgan fingerprint density at radius 1 is 1.40 bits per heavy atom. The van der Waals surface area contributed by atoms with E-state index in [1.165, 1.54) is 12.1 Å². The lowest BCUT2D eigenvalue weighted by atomic mass is 9.83. The van der Waals surface area contributed by atoms with Crippen LogP contribution in [0.3, 0.4) is 0 Å². The zero-order chi connectivity index (χ0) is 15.2. The van der Waals surface area contributed by atoms with Crippen molar-refractivity contribution in [2.45, 2.75) is 33.2 Å². The van der Waals surface area contributed by atoms with Crippen molar-refractivity contribution < 1.29 is 10.0 Å². The first-order chi connectivity index (χ1) is 9.48. The second kappa shape index (κ2) is 7.57. The van der Waals surface area contributed by atoms with Gasteiger partial charge in [0.1, 0.15) is 0 Å². The van der Waals surface area contributed by atoms with Crippen molar-refractivity contribution in [3.63, 3.8) is 0 Å². The van der Waals surface area contributed by atoms with E-state index in [9.17, 15) is 15.2 Å². The summed E-state index contributed by atoms with van der Waals surface area (Å²) in [6.45, 7) is 5.46. The number of nitrogens with zero attached hydrogens (tertiary/aromatic N) is 1. The molecule has 0 heterocycles. The lowest BCUT2D eigenvalue weighted by Gasteiger charge is -2.29. The molecule has 5 nitrogen and oxygen atoms in total. The molecule has 0 unspecified atom stereocenters. The predicted molar refractivity (Wildman–Crippen MR) is 79.9 cm³/mol. The van der Waals surface area contributed by atoms with Crippen molar-refractivity contribution in [1.82, 2.24) is 5.32 Å². The third kappa shape index (κ3) is 4.16. The van der Waals surface area contributed by atoms with Crippen LogP contribution in [0.4, 0.5) is 5.69 Å². The van der Waals surface area contributed by atoms with Gasteiger partial charge in [-0.3, -0.25) is 10.1 Å². The van der Waals surface area contributed by atoms with E-state index in [1.54, 1.807) is 6.07 Å². The van der Waals surface area contributed by atoms with Crippen LogP contribution in [-0.2, 0) is 6.54 Å². The van der Waals surface area contributed by atoms with E-state index < -0.39 is 4.92 Å². The fourth-order valence-electron chi connectivity index (χ4n) is 2.03. The quantitative estimate of drug-likeness (QED) is 0.571. The van der Waals surface area contributed by atoms with Crippen molar-refractivity contribution in [2.75, 3.05) is 13.2 Å². The molecule has 0 aliphatic carbocycles. The Morgan fingerprint density at radius 3 is 2.50 bits per heavy atom. The highest BCUT2D eigenvalue weighted by atomic mass is 35.5. The molecule has 0 amide bonds. The molecule has 0 saturated carbocycles. The summed E-state index contributed by atoms with van der Waals surface area (Å²) >= 11 is 6.03. The molecule has 0 aromatic heterocycles. The van der Waals surface area contributed by atoms with Crippen molar-refractivity contribution in [3.05, 3.63) is 38.9 Å². The van der Waals surface area contributed by atoms with Crippen LogP contribution in [0.5, 0.6) is 0 Å². The zero-order valence-electron chi connectivity index (χ0n) is 11.9. The van der Waals surface area contributed by atoms with E-state index in [2.05, 4.69) is 19.2 Å². The van der Waals surface area contributed by atoms with Gasteiger partial charge in [-0.15, -0.1) is 0 Å². The van der Waals surface area contributed by atoms with Gasteiger partial charge in [-0.1, -0.05) is 25.4 Å². The van der Waals surface area contributed by atoms with Gasteiger partial charge in [0.2, 0.25) is 0 Å². The minimum atomic E-state index is -0.464. The summed E-state index contributed by atoms with van der Waals surface area (Å²) in [5.41, 5.74) is 0.689. The molecule has 0 bridgehead atoms. The van der Waals surface area contributed by atoms with Crippen LogP contribution in [0.2, 0.25) is 5.02 Å². The van der Waals surface area contributed by atoms with Gasteiger partial charge in [0.15, 0.2) is 0 Å². The summed E-state index contributed by atoms with van der Waals surface area (Å²) in [7, 11) is 0. The van der Waals surface area contributed by atoms with Crippen molar-refractivity contribution >= 4 is 17.3 Å². The van der Waals surface area contributed by atoms with Crippen LogP contribution in [0.1, 0.15) is 32.3 Å². The fraction of sp³-hybridized carbons (Fsp3) is 0.571. The number of hydrogen-bond donors (Lipinski definition) is 2. The number of nitro groups is 1. The summed E-state index contributed by atoms with van der Waals surface area (Å²) in [5, 5.41) is 23.8. The zero-order valence-corrected chi connectivity index (χ0v) is 12.6. The van der Waals surface area contributed by atoms with Crippen LogP contribution in [0.25, 0.3) is 0 Å². The normalized spacial score (nSPS) is 11.6. The highest BCUT2D eigenvalue weighted by molar-refractivity contribution is 6.31. The van der Waals surface area contributed by atoms with Gasteiger partial charge in [-0.25, -0.2) is 0 Å². The van der Waals surface area contributed by atoms with Gasteiger partial charge in [0.05, 0.1) is 9.95 Å². The standard InChI is InChI=1S/C14H21ClN2O3/c1-3-14(4-2,10-18)9-16-8-11-5-6-12(17(19)20)7-13(11)15/h5-7,16,18H,3-4,8-10H2,1-2H3. The third-order valence-electron chi connectivity index (χ3n) is 3.90. The number of halogens is 1. The van der Waals surface area contributed by atoms with Crippen LogP contribution in [-0.4, -0.2) is 23.2 Å². The second-order valence-corrected chi connectivity index (χ2v) is 5.41. The van der Waals surface area contributed by atoms with Crippen molar-refractivity contribution in [1.29, 1.82) is 0 Å². The number of aliphatic hydroxyl groups excluding tert-OH is 1. The molecule has 0 aliphatic rings. The number of nitro benzene ring substituents is 1. The minimum Gasteiger partial charge on any atom is -0.396 e. The maximum absolute atomic E-state index is 10.6. The van der Waals surface area contributed by atoms with Crippen molar-refractivity contribution in [3.8, 4) is 0 Å². The Balaban J connectivity index is 2.64. The average molecular weight is 301 g/mol. The number of hydrogen-bond acceptors (Lipinski definition) is 4. The van der Waals surface area contributed by atoms with E-state index in [-0.39, 0.29) is 17.7 Å². The van der Waals surface area contributed by atoms with E-state index in [1.807, 2.05) is 0 Å². The van der Waals surface area contributed by atoms with Gasteiger partial charge in [0.25, 0.3) is 5.69 Å². The van der Waals surface area contributed by atoms with E-state index >= 15 is 0 Å². The summed E-state index contributed by atoms with van der Waals surface area (Å²) in [4.78, 5) is 10.2. The first kappa shape index (κ1) is 16.9. The summed E-state index contributed by atoms with van der Waals surface area (Å²) in [6.07, 6.45) is 1.78. The molecule has 1 aromatic carbocycles. The van der Waals surface area contributed by atoms with Crippen LogP contribution in [0.15, 0.2) is 18.2 Å². The van der Waals surface area contributed by atoms with E-state index in [0.29, 0.717) is 18.1 Å². The van der Waals surface area contributed by atoms with Gasteiger partial charge >= 0.3 is 0 Å². The molecule has 0 saturated heterocycles. The Labute approximate surface area is 124 Å². The predicted octanol–water partition coefficient (Wildman–Crippen LogP) is 3.14. The lowest BCUT2D eigenvalue weighted by Crippen LogP contribution is -2.36. The molecular weight excluding hydrogens is 280 g/mol. The Morgan fingerprint density at radius 2 is 2.05 bits per heavy atom. The molecule has 2 N–H and O–H groups in total. The van der Waals surface area contributed by atoms with E-state index in [0.717, 1.165) is 18.4 Å². The number of nitrogens with one attached hydrogen (secondary N) is 1.